The normalized spacial score (nSPS) is 29.8. The van der Waals surface area contributed by atoms with E-state index in [1.807, 2.05) is 0 Å². The first-order chi connectivity index (χ1) is 16.5. The van der Waals surface area contributed by atoms with Crippen LogP contribution in [0.4, 0.5) is 11.8 Å². The van der Waals surface area contributed by atoms with Crippen LogP contribution in [0, 0.1) is 0 Å². The summed E-state index contributed by atoms with van der Waals surface area (Å²) >= 11 is 6.00. The lowest BCUT2D eigenvalue weighted by Crippen LogP contribution is -2.49. The van der Waals surface area contributed by atoms with E-state index in [1.54, 1.807) is 12.4 Å². The van der Waals surface area contributed by atoms with Gasteiger partial charge in [-0.15, -0.1) is 0 Å². The smallest absolute Gasteiger partial charge is 0.228 e. The van der Waals surface area contributed by atoms with E-state index >= 15 is 0 Å². The van der Waals surface area contributed by atoms with Crippen LogP contribution in [0.2, 0.25) is 5.02 Å². The average molecular weight is 503 g/mol. The van der Waals surface area contributed by atoms with Crippen LogP contribution >= 0.6 is 11.6 Å². The number of aliphatic hydroxyl groups excluding tert-OH is 1. The molecule has 4 aliphatic rings. The Morgan fingerprint density at radius 2 is 1.85 bits per heavy atom. The molecular formula is C24H31ClN6O2S. The third kappa shape index (κ3) is 3.99. The number of nitrogens with zero attached hydrogens (tertiary/aromatic N) is 5. The number of aliphatic hydroxyl groups is 1. The molecule has 8 nitrogen and oxygen atoms in total. The highest BCUT2D eigenvalue weighted by Crippen LogP contribution is 2.45. The van der Waals surface area contributed by atoms with Gasteiger partial charge in [-0.1, -0.05) is 11.6 Å². The van der Waals surface area contributed by atoms with Gasteiger partial charge in [0.2, 0.25) is 5.95 Å². The van der Waals surface area contributed by atoms with Crippen molar-refractivity contribution in [1.29, 1.82) is 0 Å². The van der Waals surface area contributed by atoms with Crippen LogP contribution in [0.15, 0.2) is 17.3 Å². The van der Waals surface area contributed by atoms with Gasteiger partial charge in [-0.05, 0) is 64.2 Å². The van der Waals surface area contributed by atoms with Crippen LogP contribution in [-0.2, 0) is 17.2 Å². The Labute approximate surface area is 207 Å². The standard InChI is InChI=1S/C24H31ClN6O2S/c25-16-12-26-21(27-13-16)15-10-17-5-6-18(11-15)31(17)23-28-19-4-1-2-9-34(33)20(19)22(29-23)30-24(14-32)7-3-8-24/h12-13,15,17-18,32H,1-11,14H2,(H,28,29,30)/t15?,17?,18?,34-/m1/s1. The predicted octanol–water partition coefficient (Wildman–Crippen LogP) is 3.61. The van der Waals surface area contributed by atoms with E-state index in [1.165, 1.54) is 0 Å². The van der Waals surface area contributed by atoms with E-state index in [4.69, 9.17) is 21.6 Å². The number of nitrogens with one attached hydrogen (secondary N) is 1. The van der Waals surface area contributed by atoms with Crippen molar-refractivity contribution in [3.05, 3.63) is 28.9 Å². The van der Waals surface area contributed by atoms with Crippen molar-refractivity contribution in [1.82, 2.24) is 19.9 Å². The molecule has 2 saturated heterocycles. The summed E-state index contributed by atoms with van der Waals surface area (Å²) in [6, 6.07) is 0.668. The minimum Gasteiger partial charge on any atom is -0.394 e. The first kappa shape index (κ1) is 22.6. The number of halogens is 1. The van der Waals surface area contributed by atoms with E-state index < -0.39 is 10.8 Å². The zero-order valence-corrected chi connectivity index (χ0v) is 20.8. The Bertz CT molecular complexity index is 1080. The second-order valence-corrected chi connectivity index (χ2v) is 12.2. The summed E-state index contributed by atoms with van der Waals surface area (Å²) in [5.74, 6) is 3.25. The van der Waals surface area contributed by atoms with E-state index in [-0.39, 0.29) is 12.1 Å². The molecule has 2 bridgehead atoms. The molecule has 1 saturated carbocycles. The lowest BCUT2D eigenvalue weighted by molar-refractivity contribution is 0.143. The van der Waals surface area contributed by atoms with E-state index in [0.717, 1.165) is 86.6 Å². The summed E-state index contributed by atoms with van der Waals surface area (Å²) in [6.45, 7) is 0.0610. The number of rotatable bonds is 5. The summed E-state index contributed by atoms with van der Waals surface area (Å²) < 4.78 is 13.2. The van der Waals surface area contributed by atoms with Crippen molar-refractivity contribution in [3.8, 4) is 0 Å². The molecule has 2 aromatic rings. The highest BCUT2D eigenvalue weighted by Gasteiger charge is 2.44. The molecule has 0 aromatic carbocycles. The monoisotopic (exact) mass is 502 g/mol. The fourth-order valence-electron chi connectivity index (χ4n) is 6.15. The molecule has 3 aliphatic heterocycles. The average Bonchev–Trinajstić information content (AvgIpc) is 2.96. The Balaban J connectivity index is 1.34. The maximum absolute atomic E-state index is 13.2. The molecule has 0 spiro atoms. The molecular weight excluding hydrogens is 472 g/mol. The highest BCUT2D eigenvalue weighted by molar-refractivity contribution is 7.85. The van der Waals surface area contributed by atoms with Gasteiger partial charge in [-0.2, -0.15) is 4.98 Å². The summed E-state index contributed by atoms with van der Waals surface area (Å²) in [7, 11) is -1.12. The molecule has 1 aliphatic carbocycles. The van der Waals surface area contributed by atoms with E-state index in [2.05, 4.69) is 20.2 Å². The van der Waals surface area contributed by atoms with Crippen molar-refractivity contribution in [2.24, 2.45) is 0 Å². The fourth-order valence-corrected chi connectivity index (χ4v) is 7.64. The molecule has 3 fully saturated rings. The molecule has 3 atom stereocenters. The van der Waals surface area contributed by atoms with Gasteiger partial charge in [0, 0.05) is 36.1 Å². The molecule has 34 heavy (non-hydrogen) atoms. The lowest BCUT2D eigenvalue weighted by Gasteiger charge is -2.42. The van der Waals surface area contributed by atoms with Gasteiger partial charge in [0.15, 0.2) is 0 Å². The fraction of sp³-hybridized carbons (Fsp3) is 0.667. The van der Waals surface area contributed by atoms with Crippen LogP contribution in [0.25, 0.3) is 0 Å². The van der Waals surface area contributed by atoms with Crippen LogP contribution in [0.5, 0.6) is 0 Å². The topological polar surface area (TPSA) is 104 Å². The van der Waals surface area contributed by atoms with Crippen LogP contribution < -0.4 is 10.2 Å². The minimum absolute atomic E-state index is 0.0610. The number of hydrogen-bond donors (Lipinski definition) is 2. The molecule has 0 amide bonds. The van der Waals surface area contributed by atoms with Gasteiger partial charge < -0.3 is 15.3 Å². The van der Waals surface area contributed by atoms with Crippen molar-refractivity contribution < 1.29 is 9.32 Å². The number of hydrogen-bond acceptors (Lipinski definition) is 8. The molecule has 2 unspecified atom stereocenters. The number of piperidine rings is 1. The van der Waals surface area contributed by atoms with Crippen molar-refractivity contribution in [3.63, 3.8) is 0 Å². The molecule has 182 valence electrons. The van der Waals surface area contributed by atoms with Gasteiger partial charge in [-0.25, -0.2) is 15.0 Å². The summed E-state index contributed by atoms with van der Waals surface area (Å²) in [5.41, 5.74) is 0.562. The quantitative estimate of drug-likeness (QED) is 0.639. The Hall–Kier alpha value is -1.84. The number of fused-ring (bicyclic) bond motifs is 3. The Morgan fingerprint density at radius 1 is 1.12 bits per heavy atom. The second-order valence-electron chi connectivity index (χ2n) is 10.3. The van der Waals surface area contributed by atoms with Gasteiger partial charge in [0.1, 0.15) is 16.5 Å². The zero-order chi connectivity index (χ0) is 23.3. The second kappa shape index (κ2) is 8.99. The SMILES string of the molecule is O=[S@@]1CCCCc2nc(N3C4CCC3CC(c3ncc(Cl)cn3)C4)nc(NC3(CO)CCC3)c21. The largest absolute Gasteiger partial charge is 0.394 e. The van der Waals surface area contributed by atoms with Crippen molar-refractivity contribution in [2.45, 2.75) is 92.6 Å². The number of aromatic nitrogens is 4. The van der Waals surface area contributed by atoms with Crippen molar-refractivity contribution >= 4 is 34.2 Å². The van der Waals surface area contributed by atoms with Crippen LogP contribution in [0.3, 0.4) is 0 Å². The first-order valence-corrected chi connectivity index (χ1v) is 14.2. The third-order valence-corrected chi connectivity index (χ3v) is 9.85. The number of anilines is 2. The maximum Gasteiger partial charge on any atom is 0.228 e. The molecule has 2 aromatic heterocycles. The van der Waals surface area contributed by atoms with Crippen LogP contribution in [0.1, 0.15) is 75.2 Å². The zero-order valence-electron chi connectivity index (χ0n) is 19.2. The van der Waals surface area contributed by atoms with E-state index in [0.29, 0.717) is 34.6 Å². The predicted molar refractivity (Wildman–Crippen MR) is 132 cm³/mol. The number of aryl methyl sites for hydroxylation is 1. The van der Waals surface area contributed by atoms with Gasteiger partial charge >= 0.3 is 0 Å². The summed E-state index contributed by atoms with van der Waals surface area (Å²) in [4.78, 5) is 22.2. The molecule has 5 heterocycles. The highest BCUT2D eigenvalue weighted by atomic mass is 35.5. The van der Waals surface area contributed by atoms with Gasteiger partial charge in [-0.3, -0.25) is 4.21 Å². The molecule has 2 N–H and O–H groups in total. The molecule has 10 heteroatoms. The summed E-state index contributed by atoms with van der Waals surface area (Å²) in [6.07, 6.45) is 13.1. The third-order valence-electron chi connectivity index (χ3n) is 8.11. The Kier molecular flexibility index (Phi) is 5.98. The van der Waals surface area contributed by atoms with Gasteiger partial charge in [0.25, 0.3) is 0 Å². The first-order valence-electron chi connectivity index (χ1n) is 12.5. The Morgan fingerprint density at radius 3 is 2.50 bits per heavy atom. The summed E-state index contributed by atoms with van der Waals surface area (Å²) in [5, 5.41) is 14.2. The van der Waals surface area contributed by atoms with Crippen LogP contribution in [-0.4, -0.2) is 59.2 Å². The minimum atomic E-state index is -1.12. The molecule has 6 rings (SSSR count). The maximum atomic E-state index is 13.2. The lowest BCUT2D eigenvalue weighted by atomic mass is 9.77. The molecule has 0 radical (unpaired) electrons. The van der Waals surface area contributed by atoms with Crippen molar-refractivity contribution in [2.75, 3.05) is 22.6 Å². The van der Waals surface area contributed by atoms with Gasteiger partial charge in [0.05, 0.1) is 33.7 Å². The van der Waals surface area contributed by atoms with E-state index in [9.17, 15) is 9.32 Å².